The average molecular weight is 284 g/mol. The van der Waals surface area contributed by atoms with Gasteiger partial charge in [-0.2, -0.15) is 0 Å². The lowest BCUT2D eigenvalue weighted by atomic mass is 10.0. The van der Waals surface area contributed by atoms with Gasteiger partial charge in [0.1, 0.15) is 5.76 Å². The molecule has 0 saturated heterocycles. The fourth-order valence-electron chi connectivity index (χ4n) is 1.97. The van der Waals surface area contributed by atoms with Crippen LogP contribution in [0.4, 0.5) is 0 Å². The Balaban J connectivity index is 2.23. The van der Waals surface area contributed by atoms with E-state index >= 15 is 0 Å². The summed E-state index contributed by atoms with van der Waals surface area (Å²) < 4.78 is 5.52. The van der Waals surface area contributed by atoms with E-state index in [0.29, 0.717) is 10.0 Å². The Morgan fingerprint density at radius 1 is 1.28 bits per heavy atom. The van der Waals surface area contributed by atoms with Crippen molar-refractivity contribution in [3.63, 3.8) is 0 Å². The SMILES string of the molecule is CNC(Cc1ccc(Cl)cc1Cl)c1occc1C. The maximum Gasteiger partial charge on any atom is 0.123 e. The molecule has 0 bridgehead atoms. The largest absolute Gasteiger partial charge is 0.467 e. The van der Waals surface area contributed by atoms with Crippen molar-refractivity contribution in [3.05, 3.63) is 57.5 Å². The summed E-state index contributed by atoms with van der Waals surface area (Å²) in [6.07, 6.45) is 2.47. The minimum absolute atomic E-state index is 0.110. The van der Waals surface area contributed by atoms with Crippen LogP contribution in [0.25, 0.3) is 0 Å². The van der Waals surface area contributed by atoms with Gasteiger partial charge in [0.2, 0.25) is 0 Å². The highest BCUT2D eigenvalue weighted by Gasteiger charge is 2.17. The van der Waals surface area contributed by atoms with Crippen molar-refractivity contribution >= 4 is 23.2 Å². The van der Waals surface area contributed by atoms with Crippen molar-refractivity contribution < 1.29 is 4.42 Å². The van der Waals surface area contributed by atoms with Crippen LogP contribution in [0.3, 0.4) is 0 Å². The molecular formula is C14H15Cl2NO. The van der Waals surface area contributed by atoms with Crippen LogP contribution in [0, 0.1) is 6.92 Å². The third-order valence-corrected chi connectivity index (χ3v) is 3.59. The van der Waals surface area contributed by atoms with Crippen LogP contribution in [0.2, 0.25) is 10.0 Å². The Labute approximate surface area is 117 Å². The monoisotopic (exact) mass is 283 g/mol. The maximum absolute atomic E-state index is 6.19. The fourth-order valence-corrected chi connectivity index (χ4v) is 2.46. The number of nitrogens with one attached hydrogen (secondary N) is 1. The van der Waals surface area contributed by atoms with Crippen LogP contribution >= 0.6 is 23.2 Å². The zero-order chi connectivity index (χ0) is 13.1. The summed E-state index contributed by atoms with van der Waals surface area (Å²) in [5.41, 5.74) is 2.19. The molecule has 0 aliphatic carbocycles. The van der Waals surface area contributed by atoms with Gasteiger partial charge in [0.15, 0.2) is 0 Å². The highest BCUT2D eigenvalue weighted by atomic mass is 35.5. The molecule has 0 saturated carbocycles. The molecule has 2 nitrogen and oxygen atoms in total. The summed E-state index contributed by atoms with van der Waals surface area (Å²) in [6.45, 7) is 2.03. The highest BCUT2D eigenvalue weighted by molar-refractivity contribution is 6.35. The molecule has 0 amide bonds. The summed E-state index contributed by atoms with van der Waals surface area (Å²) >= 11 is 12.1. The van der Waals surface area contributed by atoms with Crippen molar-refractivity contribution in [2.24, 2.45) is 0 Å². The Morgan fingerprint density at radius 2 is 2.06 bits per heavy atom. The molecule has 0 spiro atoms. The Kier molecular flexibility index (Phi) is 4.33. The normalized spacial score (nSPS) is 12.7. The second kappa shape index (κ2) is 5.79. The molecule has 1 aromatic heterocycles. The third kappa shape index (κ3) is 2.89. The summed E-state index contributed by atoms with van der Waals surface area (Å²) in [5, 5.41) is 4.59. The molecule has 18 heavy (non-hydrogen) atoms. The molecule has 1 aromatic carbocycles. The first-order valence-corrected chi connectivity index (χ1v) is 6.52. The van der Waals surface area contributed by atoms with E-state index in [0.717, 1.165) is 23.3 Å². The summed E-state index contributed by atoms with van der Waals surface area (Å²) in [6, 6.07) is 7.64. The number of hydrogen-bond acceptors (Lipinski definition) is 2. The van der Waals surface area contributed by atoms with E-state index in [1.54, 1.807) is 12.3 Å². The average Bonchev–Trinajstić information content (AvgIpc) is 2.75. The van der Waals surface area contributed by atoms with Crippen molar-refractivity contribution in [2.75, 3.05) is 7.05 Å². The molecule has 96 valence electrons. The van der Waals surface area contributed by atoms with E-state index in [1.165, 1.54) is 0 Å². The van der Waals surface area contributed by atoms with Gasteiger partial charge in [-0.3, -0.25) is 0 Å². The van der Waals surface area contributed by atoms with Crippen molar-refractivity contribution in [2.45, 2.75) is 19.4 Å². The van der Waals surface area contributed by atoms with E-state index in [1.807, 2.05) is 32.2 Å². The number of likely N-dealkylation sites (N-methyl/N-ethyl adjacent to an activating group) is 1. The zero-order valence-electron chi connectivity index (χ0n) is 10.3. The van der Waals surface area contributed by atoms with Crippen molar-refractivity contribution in [1.82, 2.24) is 5.32 Å². The molecular weight excluding hydrogens is 269 g/mol. The van der Waals surface area contributed by atoms with Crippen LogP contribution in [-0.4, -0.2) is 7.05 Å². The molecule has 2 aromatic rings. The van der Waals surface area contributed by atoms with Crippen LogP contribution < -0.4 is 5.32 Å². The Morgan fingerprint density at radius 3 is 2.61 bits per heavy atom. The van der Waals surface area contributed by atoms with Gasteiger partial charge in [-0.1, -0.05) is 29.3 Å². The quantitative estimate of drug-likeness (QED) is 0.900. The maximum atomic E-state index is 6.19. The van der Waals surface area contributed by atoms with Crippen LogP contribution in [0.5, 0.6) is 0 Å². The van der Waals surface area contributed by atoms with Crippen LogP contribution in [0.15, 0.2) is 34.9 Å². The second-order valence-corrected chi connectivity index (χ2v) is 5.09. The number of benzene rings is 1. The number of halogens is 2. The predicted octanol–water partition coefficient (Wildman–Crippen LogP) is 4.40. The van der Waals surface area contributed by atoms with Gasteiger partial charge in [-0.25, -0.2) is 0 Å². The molecule has 0 fully saturated rings. The lowest BCUT2D eigenvalue weighted by Gasteiger charge is -2.16. The summed E-state index contributed by atoms with van der Waals surface area (Å²) in [7, 11) is 1.91. The molecule has 1 N–H and O–H groups in total. The van der Waals surface area contributed by atoms with Crippen LogP contribution in [-0.2, 0) is 6.42 Å². The second-order valence-electron chi connectivity index (χ2n) is 4.25. The number of hydrogen-bond donors (Lipinski definition) is 1. The van der Waals surface area contributed by atoms with Gasteiger partial charge in [0.05, 0.1) is 12.3 Å². The van der Waals surface area contributed by atoms with Gasteiger partial charge < -0.3 is 9.73 Å². The predicted molar refractivity (Wildman–Crippen MR) is 75.4 cm³/mol. The molecule has 0 aliphatic heterocycles. The van der Waals surface area contributed by atoms with Gasteiger partial charge in [-0.15, -0.1) is 0 Å². The molecule has 1 atom stereocenters. The van der Waals surface area contributed by atoms with E-state index in [9.17, 15) is 0 Å². The van der Waals surface area contributed by atoms with E-state index in [4.69, 9.17) is 27.6 Å². The standard InChI is InChI=1S/C14H15Cl2NO/c1-9-5-6-18-14(9)13(17-2)7-10-3-4-11(15)8-12(10)16/h3-6,8,13,17H,7H2,1-2H3. The number of furan rings is 1. The summed E-state index contributed by atoms with van der Waals surface area (Å²) in [4.78, 5) is 0. The van der Waals surface area contributed by atoms with E-state index < -0.39 is 0 Å². The molecule has 0 radical (unpaired) electrons. The zero-order valence-corrected chi connectivity index (χ0v) is 11.8. The minimum Gasteiger partial charge on any atom is -0.467 e. The highest BCUT2D eigenvalue weighted by Crippen LogP contribution is 2.27. The topological polar surface area (TPSA) is 25.2 Å². The third-order valence-electron chi connectivity index (χ3n) is 3.01. The van der Waals surface area contributed by atoms with Crippen molar-refractivity contribution in [1.29, 1.82) is 0 Å². The van der Waals surface area contributed by atoms with Crippen LogP contribution in [0.1, 0.15) is 22.9 Å². The summed E-state index contributed by atoms with van der Waals surface area (Å²) in [5.74, 6) is 0.948. The fraction of sp³-hybridized carbons (Fsp3) is 0.286. The molecule has 2 rings (SSSR count). The van der Waals surface area contributed by atoms with Gasteiger partial charge in [0.25, 0.3) is 0 Å². The Hall–Kier alpha value is -0.960. The molecule has 4 heteroatoms. The first kappa shape index (κ1) is 13.5. The molecule has 1 heterocycles. The van der Waals surface area contributed by atoms with E-state index in [2.05, 4.69) is 5.32 Å². The first-order valence-electron chi connectivity index (χ1n) is 5.77. The van der Waals surface area contributed by atoms with Gasteiger partial charge in [0, 0.05) is 10.0 Å². The molecule has 0 aliphatic rings. The smallest absolute Gasteiger partial charge is 0.123 e. The number of aryl methyl sites for hydroxylation is 1. The van der Waals surface area contributed by atoms with Gasteiger partial charge >= 0.3 is 0 Å². The lowest BCUT2D eigenvalue weighted by molar-refractivity contribution is 0.426. The number of rotatable bonds is 4. The minimum atomic E-state index is 0.110. The lowest BCUT2D eigenvalue weighted by Crippen LogP contribution is -2.19. The van der Waals surface area contributed by atoms with E-state index in [-0.39, 0.29) is 6.04 Å². The van der Waals surface area contributed by atoms with Gasteiger partial charge in [-0.05, 0) is 49.7 Å². The van der Waals surface area contributed by atoms with Crippen molar-refractivity contribution in [3.8, 4) is 0 Å². The Bertz CT molecular complexity index is 536. The first-order chi connectivity index (χ1) is 8.61. The molecule has 1 unspecified atom stereocenters.